The maximum atomic E-state index is 12.1. The van der Waals surface area contributed by atoms with Crippen LogP contribution in [0.4, 0.5) is 5.69 Å². The molecular formula is C17H25N3O2. The Kier molecular flexibility index (Phi) is 5.43. The summed E-state index contributed by atoms with van der Waals surface area (Å²) in [5.74, 6) is 0.830. The summed E-state index contributed by atoms with van der Waals surface area (Å²) in [6.45, 7) is 5.69. The largest absolute Gasteiger partial charge is 0.379 e. The summed E-state index contributed by atoms with van der Waals surface area (Å²) in [6, 6.07) is 8.06. The number of morpholine rings is 1. The van der Waals surface area contributed by atoms with Crippen molar-refractivity contribution in [1.29, 1.82) is 0 Å². The van der Waals surface area contributed by atoms with Gasteiger partial charge in [0.15, 0.2) is 0 Å². The van der Waals surface area contributed by atoms with E-state index in [-0.39, 0.29) is 5.91 Å². The van der Waals surface area contributed by atoms with Gasteiger partial charge >= 0.3 is 0 Å². The first-order valence-electron chi connectivity index (χ1n) is 8.20. The van der Waals surface area contributed by atoms with Gasteiger partial charge in [0.05, 0.1) is 19.8 Å². The van der Waals surface area contributed by atoms with E-state index in [4.69, 9.17) is 4.74 Å². The zero-order valence-electron chi connectivity index (χ0n) is 13.0. The number of hydrogen-bond donors (Lipinski definition) is 2. The van der Waals surface area contributed by atoms with E-state index in [9.17, 15) is 4.79 Å². The van der Waals surface area contributed by atoms with E-state index in [1.54, 1.807) is 0 Å². The van der Waals surface area contributed by atoms with Gasteiger partial charge in [-0.25, -0.2) is 0 Å². The second-order valence-electron chi connectivity index (χ2n) is 6.17. The van der Waals surface area contributed by atoms with Crippen molar-refractivity contribution in [2.75, 3.05) is 44.7 Å². The SMILES string of the molecule is O=C(CNCC1CC1)Nc1ccccc1CN1CCOCC1. The normalized spacial score (nSPS) is 19.1. The van der Waals surface area contributed by atoms with Gasteiger partial charge in [0, 0.05) is 25.3 Å². The standard InChI is InChI=1S/C17H25N3O2/c21-17(12-18-11-14-5-6-14)19-16-4-2-1-3-15(16)13-20-7-9-22-10-8-20/h1-4,14,18H,5-13H2,(H,19,21). The summed E-state index contributed by atoms with van der Waals surface area (Å²) in [6.07, 6.45) is 2.61. The van der Waals surface area contributed by atoms with Crippen molar-refractivity contribution in [2.45, 2.75) is 19.4 Å². The summed E-state index contributed by atoms with van der Waals surface area (Å²) >= 11 is 0. The van der Waals surface area contributed by atoms with Crippen LogP contribution in [0.15, 0.2) is 24.3 Å². The number of ether oxygens (including phenoxy) is 1. The fourth-order valence-electron chi connectivity index (χ4n) is 2.69. The number of rotatable bonds is 7. The lowest BCUT2D eigenvalue weighted by molar-refractivity contribution is -0.115. The summed E-state index contributed by atoms with van der Waals surface area (Å²) in [5.41, 5.74) is 2.09. The zero-order chi connectivity index (χ0) is 15.2. The highest BCUT2D eigenvalue weighted by atomic mass is 16.5. The molecule has 1 saturated carbocycles. The first-order chi connectivity index (χ1) is 10.8. The molecule has 2 N–H and O–H groups in total. The van der Waals surface area contributed by atoms with Crippen molar-refractivity contribution in [2.24, 2.45) is 5.92 Å². The lowest BCUT2D eigenvalue weighted by Crippen LogP contribution is -2.36. The monoisotopic (exact) mass is 303 g/mol. The molecule has 0 unspecified atom stereocenters. The lowest BCUT2D eigenvalue weighted by atomic mass is 10.1. The van der Waals surface area contributed by atoms with Crippen LogP contribution < -0.4 is 10.6 Å². The maximum absolute atomic E-state index is 12.1. The van der Waals surface area contributed by atoms with E-state index in [2.05, 4.69) is 21.6 Å². The zero-order valence-corrected chi connectivity index (χ0v) is 13.0. The van der Waals surface area contributed by atoms with E-state index in [1.165, 1.54) is 18.4 Å². The van der Waals surface area contributed by atoms with Crippen LogP contribution in [-0.4, -0.2) is 50.2 Å². The van der Waals surface area contributed by atoms with Crippen molar-refractivity contribution in [3.05, 3.63) is 29.8 Å². The number of benzene rings is 1. The van der Waals surface area contributed by atoms with Crippen LogP contribution >= 0.6 is 0 Å². The Bertz CT molecular complexity index is 496. The lowest BCUT2D eigenvalue weighted by Gasteiger charge is -2.27. The van der Waals surface area contributed by atoms with Gasteiger partial charge in [-0.2, -0.15) is 0 Å². The molecule has 1 saturated heterocycles. The first-order valence-corrected chi connectivity index (χ1v) is 8.20. The van der Waals surface area contributed by atoms with Crippen molar-refractivity contribution in [3.8, 4) is 0 Å². The van der Waals surface area contributed by atoms with Gasteiger partial charge in [0.1, 0.15) is 0 Å². The maximum Gasteiger partial charge on any atom is 0.238 e. The van der Waals surface area contributed by atoms with Gasteiger partial charge in [-0.05, 0) is 36.9 Å². The van der Waals surface area contributed by atoms with E-state index in [0.29, 0.717) is 6.54 Å². The van der Waals surface area contributed by atoms with Crippen molar-refractivity contribution >= 4 is 11.6 Å². The van der Waals surface area contributed by atoms with Crippen LogP contribution in [0.25, 0.3) is 0 Å². The molecule has 0 bridgehead atoms. The van der Waals surface area contributed by atoms with Crippen molar-refractivity contribution in [3.63, 3.8) is 0 Å². The van der Waals surface area contributed by atoms with Crippen molar-refractivity contribution < 1.29 is 9.53 Å². The number of hydrogen-bond acceptors (Lipinski definition) is 4. The van der Waals surface area contributed by atoms with Crippen LogP contribution in [0.2, 0.25) is 0 Å². The van der Waals surface area contributed by atoms with Gasteiger partial charge in [0.2, 0.25) is 5.91 Å². The van der Waals surface area contributed by atoms with Crippen LogP contribution in [0, 0.1) is 5.92 Å². The van der Waals surface area contributed by atoms with Gasteiger partial charge in [0.25, 0.3) is 0 Å². The molecule has 120 valence electrons. The fourth-order valence-corrected chi connectivity index (χ4v) is 2.69. The molecule has 3 rings (SSSR count). The molecule has 1 aromatic rings. The predicted molar refractivity (Wildman–Crippen MR) is 86.8 cm³/mol. The van der Waals surface area contributed by atoms with Crippen LogP contribution in [-0.2, 0) is 16.1 Å². The third-order valence-electron chi connectivity index (χ3n) is 4.20. The first kappa shape index (κ1) is 15.5. The van der Waals surface area contributed by atoms with Gasteiger partial charge < -0.3 is 15.4 Å². The van der Waals surface area contributed by atoms with Gasteiger partial charge in [-0.15, -0.1) is 0 Å². The molecule has 1 aliphatic heterocycles. The van der Waals surface area contributed by atoms with E-state index in [1.807, 2.05) is 18.2 Å². The topological polar surface area (TPSA) is 53.6 Å². The molecule has 0 spiro atoms. The van der Waals surface area contributed by atoms with E-state index < -0.39 is 0 Å². The van der Waals surface area contributed by atoms with Gasteiger partial charge in [-0.1, -0.05) is 18.2 Å². The minimum absolute atomic E-state index is 0.0371. The summed E-state index contributed by atoms with van der Waals surface area (Å²) < 4.78 is 5.38. The second kappa shape index (κ2) is 7.72. The molecule has 22 heavy (non-hydrogen) atoms. The number of para-hydroxylation sites is 1. The minimum Gasteiger partial charge on any atom is -0.379 e. The summed E-state index contributed by atoms with van der Waals surface area (Å²) in [4.78, 5) is 14.4. The van der Waals surface area contributed by atoms with Crippen LogP contribution in [0.5, 0.6) is 0 Å². The second-order valence-corrected chi connectivity index (χ2v) is 6.17. The smallest absolute Gasteiger partial charge is 0.238 e. The van der Waals surface area contributed by atoms with Crippen LogP contribution in [0.3, 0.4) is 0 Å². The molecule has 2 aliphatic rings. The average molecular weight is 303 g/mol. The third kappa shape index (κ3) is 4.80. The Labute approximate surface area is 132 Å². The molecule has 5 nitrogen and oxygen atoms in total. The highest BCUT2D eigenvalue weighted by Crippen LogP contribution is 2.27. The molecule has 2 fully saturated rings. The molecule has 0 radical (unpaired) electrons. The number of amides is 1. The Morgan fingerprint density at radius 3 is 2.77 bits per heavy atom. The molecular weight excluding hydrogens is 278 g/mol. The predicted octanol–water partition coefficient (Wildman–Crippen LogP) is 1.46. The van der Waals surface area contributed by atoms with E-state index >= 15 is 0 Å². The van der Waals surface area contributed by atoms with E-state index in [0.717, 1.165) is 51.0 Å². The highest BCUT2D eigenvalue weighted by Gasteiger charge is 2.20. The number of carbonyl (C=O) groups excluding carboxylic acids is 1. The third-order valence-corrected chi connectivity index (χ3v) is 4.20. The molecule has 1 aliphatic carbocycles. The summed E-state index contributed by atoms with van der Waals surface area (Å²) in [5, 5.41) is 6.26. The Morgan fingerprint density at radius 2 is 2.00 bits per heavy atom. The summed E-state index contributed by atoms with van der Waals surface area (Å²) in [7, 11) is 0. The van der Waals surface area contributed by atoms with Crippen molar-refractivity contribution in [1.82, 2.24) is 10.2 Å². The fraction of sp³-hybridized carbons (Fsp3) is 0.588. The Morgan fingerprint density at radius 1 is 1.23 bits per heavy atom. The Balaban J connectivity index is 1.51. The average Bonchev–Trinajstić information content (AvgIpc) is 3.35. The molecule has 0 aromatic heterocycles. The number of carbonyl (C=O) groups is 1. The highest BCUT2D eigenvalue weighted by molar-refractivity contribution is 5.92. The number of anilines is 1. The molecule has 1 amide bonds. The minimum atomic E-state index is 0.0371. The molecule has 5 heteroatoms. The molecule has 0 atom stereocenters. The Hall–Kier alpha value is -1.43. The number of nitrogens with zero attached hydrogens (tertiary/aromatic N) is 1. The quantitative estimate of drug-likeness (QED) is 0.801. The molecule has 1 aromatic carbocycles. The van der Waals surface area contributed by atoms with Gasteiger partial charge in [-0.3, -0.25) is 9.69 Å². The van der Waals surface area contributed by atoms with Crippen LogP contribution in [0.1, 0.15) is 18.4 Å². The molecule has 1 heterocycles. The number of nitrogens with one attached hydrogen (secondary N) is 2.